The van der Waals surface area contributed by atoms with Crippen molar-refractivity contribution in [3.05, 3.63) is 44.1 Å². The topological polar surface area (TPSA) is 25.8 Å². The first kappa shape index (κ1) is 13.6. The predicted octanol–water partition coefficient (Wildman–Crippen LogP) is 5.40. The molecule has 0 spiro atoms. The third-order valence-electron chi connectivity index (χ3n) is 3.69. The number of thiophene rings is 1. The molecule has 0 radical (unpaired) electrons. The molecule has 0 amide bonds. The third-order valence-corrected chi connectivity index (χ3v) is 5.64. The van der Waals surface area contributed by atoms with Crippen LogP contribution in [0.1, 0.15) is 16.9 Å². The van der Waals surface area contributed by atoms with Crippen molar-refractivity contribution in [3.63, 3.8) is 0 Å². The Morgan fingerprint density at radius 3 is 2.90 bits per heavy atom. The van der Waals surface area contributed by atoms with Gasteiger partial charge < -0.3 is 0 Å². The molecule has 6 heteroatoms. The van der Waals surface area contributed by atoms with Crippen molar-refractivity contribution in [2.24, 2.45) is 0 Å². The second-order valence-electron chi connectivity index (χ2n) is 5.00. The van der Waals surface area contributed by atoms with Gasteiger partial charge in [0.2, 0.25) is 0 Å². The first-order valence-corrected chi connectivity index (χ1v) is 8.55. The fourth-order valence-corrected chi connectivity index (χ4v) is 4.68. The monoisotopic (exact) mass is 382 g/mol. The van der Waals surface area contributed by atoms with Gasteiger partial charge in [-0.2, -0.15) is 0 Å². The van der Waals surface area contributed by atoms with E-state index in [4.69, 9.17) is 11.6 Å². The van der Waals surface area contributed by atoms with Crippen molar-refractivity contribution in [1.82, 2.24) is 9.97 Å². The van der Waals surface area contributed by atoms with Gasteiger partial charge in [0.1, 0.15) is 15.8 Å². The molecule has 1 aliphatic rings. The van der Waals surface area contributed by atoms with Crippen molar-refractivity contribution >= 4 is 49.1 Å². The zero-order valence-corrected chi connectivity index (χ0v) is 13.9. The largest absolute Gasteiger partial charge is 0.217 e. The predicted molar refractivity (Wildman–Crippen MR) is 87.5 cm³/mol. The SMILES string of the molecule is Fc1cc(Br)ccc1-c1nc(Cl)c2c3c(sc2n1)CCC3. The molecule has 1 aromatic carbocycles. The Morgan fingerprint density at radius 1 is 1.24 bits per heavy atom. The van der Waals surface area contributed by atoms with Crippen LogP contribution in [0.3, 0.4) is 0 Å². The van der Waals surface area contributed by atoms with Crippen LogP contribution < -0.4 is 0 Å². The molecule has 0 aliphatic heterocycles. The van der Waals surface area contributed by atoms with E-state index in [-0.39, 0.29) is 5.82 Å². The zero-order valence-electron chi connectivity index (χ0n) is 10.8. The molecule has 0 N–H and O–H groups in total. The molecule has 4 rings (SSSR count). The van der Waals surface area contributed by atoms with Gasteiger partial charge in [0.25, 0.3) is 0 Å². The molecular formula is C15H9BrClFN2S. The lowest BCUT2D eigenvalue weighted by atomic mass is 10.2. The van der Waals surface area contributed by atoms with E-state index < -0.39 is 0 Å². The molecule has 2 heterocycles. The van der Waals surface area contributed by atoms with Gasteiger partial charge in [-0.3, -0.25) is 0 Å². The highest BCUT2D eigenvalue weighted by Crippen LogP contribution is 2.40. The van der Waals surface area contributed by atoms with Crippen LogP contribution in [0.4, 0.5) is 4.39 Å². The van der Waals surface area contributed by atoms with Crippen molar-refractivity contribution in [3.8, 4) is 11.4 Å². The minimum atomic E-state index is -0.358. The number of hydrogen-bond acceptors (Lipinski definition) is 3. The highest BCUT2D eigenvalue weighted by atomic mass is 79.9. The highest BCUT2D eigenvalue weighted by Gasteiger charge is 2.22. The van der Waals surface area contributed by atoms with Crippen LogP contribution in [0.2, 0.25) is 5.15 Å². The minimum Gasteiger partial charge on any atom is -0.217 e. The van der Waals surface area contributed by atoms with Crippen LogP contribution >= 0.6 is 38.9 Å². The molecule has 1 aliphatic carbocycles. The van der Waals surface area contributed by atoms with Crippen LogP contribution in [0.25, 0.3) is 21.6 Å². The quantitative estimate of drug-likeness (QED) is 0.526. The second-order valence-corrected chi connectivity index (χ2v) is 7.36. The summed E-state index contributed by atoms with van der Waals surface area (Å²) in [6.07, 6.45) is 3.27. The zero-order chi connectivity index (χ0) is 14.6. The first-order valence-electron chi connectivity index (χ1n) is 6.56. The summed E-state index contributed by atoms with van der Waals surface area (Å²) in [5, 5.41) is 1.38. The summed E-state index contributed by atoms with van der Waals surface area (Å²) in [5.41, 5.74) is 1.65. The van der Waals surface area contributed by atoms with E-state index in [1.54, 1.807) is 23.5 Å². The first-order chi connectivity index (χ1) is 10.1. The van der Waals surface area contributed by atoms with E-state index in [9.17, 15) is 4.39 Å². The standard InChI is InChI=1S/C15H9BrClFN2S/c16-7-4-5-8(10(18)6-7)14-19-13(17)12-9-2-1-3-11(9)21-15(12)20-14/h4-6H,1-3H2. The number of nitrogens with zero attached hydrogens (tertiary/aromatic N) is 2. The average Bonchev–Trinajstić information content (AvgIpc) is 2.98. The van der Waals surface area contributed by atoms with Gasteiger partial charge in [0, 0.05) is 9.35 Å². The van der Waals surface area contributed by atoms with Gasteiger partial charge in [-0.05, 0) is 43.0 Å². The molecule has 3 aromatic rings. The maximum atomic E-state index is 14.1. The number of benzene rings is 1. The number of hydrogen-bond donors (Lipinski definition) is 0. The van der Waals surface area contributed by atoms with Crippen LogP contribution in [-0.2, 0) is 12.8 Å². The Morgan fingerprint density at radius 2 is 2.10 bits per heavy atom. The van der Waals surface area contributed by atoms with E-state index in [1.807, 2.05) is 0 Å². The third kappa shape index (κ3) is 2.18. The van der Waals surface area contributed by atoms with Gasteiger partial charge in [-0.1, -0.05) is 27.5 Å². The summed E-state index contributed by atoms with van der Waals surface area (Å²) in [6, 6.07) is 4.84. The van der Waals surface area contributed by atoms with Crippen LogP contribution in [0.5, 0.6) is 0 Å². The van der Waals surface area contributed by atoms with E-state index in [2.05, 4.69) is 25.9 Å². The second kappa shape index (κ2) is 5.00. The van der Waals surface area contributed by atoms with Crippen molar-refractivity contribution in [2.45, 2.75) is 19.3 Å². The fourth-order valence-electron chi connectivity index (χ4n) is 2.74. The Balaban J connectivity index is 1.95. The summed E-state index contributed by atoms with van der Waals surface area (Å²) in [5.74, 6) is -0.0127. The van der Waals surface area contributed by atoms with Crippen LogP contribution in [0.15, 0.2) is 22.7 Å². The van der Waals surface area contributed by atoms with Gasteiger partial charge in [-0.25, -0.2) is 14.4 Å². The van der Waals surface area contributed by atoms with Gasteiger partial charge in [0.05, 0.1) is 10.9 Å². The van der Waals surface area contributed by atoms with Gasteiger partial charge in [-0.15, -0.1) is 11.3 Å². The lowest BCUT2D eigenvalue weighted by Crippen LogP contribution is -1.93. The molecule has 0 saturated heterocycles. The fraction of sp³-hybridized carbons (Fsp3) is 0.200. The van der Waals surface area contributed by atoms with Gasteiger partial charge in [0.15, 0.2) is 5.82 Å². The summed E-state index contributed by atoms with van der Waals surface area (Å²) in [4.78, 5) is 11.0. The number of aromatic nitrogens is 2. The minimum absolute atomic E-state index is 0.345. The van der Waals surface area contributed by atoms with E-state index in [0.717, 1.165) is 29.5 Å². The molecule has 106 valence electrons. The van der Waals surface area contributed by atoms with E-state index in [0.29, 0.717) is 21.0 Å². The summed E-state index contributed by atoms with van der Waals surface area (Å²) >= 11 is 11.2. The molecule has 0 fully saturated rings. The maximum absolute atomic E-state index is 14.1. The number of aryl methyl sites for hydroxylation is 2. The van der Waals surface area contributed by atoms with Crippen LogP contribution in [-0.4, -0.2) is 9.97 Å². The lowest BCUT2D eigenvalue weighted by molar-refractivity contribution is 0.629. The van der Waals surface area contributed by atoms with Crippen molar-refractivity contribution < 1.29 is 4.39 Å². The van der Waals surface area contributed by atoms with Crippen LogP contribution in [0, 0.1) is 5.82 Å². The number of fused-ring (bicyclic) bond motifs is 3. The summed E-state index contributed by atoms with van der Waals surface area (Å²) in [6.45, 7) is 0. The van der Waals surface area contributed by atoms with E-state index >= 15 is 0 Å². The lowest BCUT2D eigenvalue weighted by Gasteiger charge is -2.04. The Kier molecular flexibility index (Phi) is 3.24. The Labute approximate surface area is 138 Å². The summed E-state index contributed by atoms with van der Waals surface area (Å²) < 4.78 is 14.8. The molecule has 2 nitrogen and oxygen atoms in total. The molecule has 2 aromatic heterocycles. The van der Waals surface area contributed by atoms with Crippen molar-refractivity contribution in [2.75, 3.05) is 0 Å². The highest BCUT2D eigenvalue weighted by molar-refractivity contribution is 9.10. The molecular weight excluding hydrogens is 375 g/mol. The summed E-state index contributed by atoms with van der Waals surface area (Å²) in [7, 11) is 0. The Bertz CT molecular complexity index is 878. The molecule has 0 atom stereocenters. The molecule has 21 heavy (non-hydrogen) atoms. The maximum Gasteiger partial charge on any atom is 0.165 e. The normalized spacial score (nSPS) is 13.9. The van der Waals surface area contributed by atoms with Gasteiger partial charge >= 0.3 is 0 Å². The molecule has 0 bridgehead atoms. The molecule has 0 unspecified atom stereocenters. The number of halogens is 3. The number of rotatable bonds is 1. The smallest absolute Gasteiger partial charge is 0.165 e. The van der Waals surface area contributed by atoms with Crippen molar-refractivity contribution in [1.29, 1.82) is 0 Å². The average molecular weight is 384 g/mol. The van der Waals surface area contributed by atoms with E-state index in [1.165, 1.54) is 16.5 Å². The molecule has 0 saturated carbocycles. The Hall–Kier alpha value is -1.04.